The summed E-state index contributed by atoms with van der Waals surface area (Å²) in [5.41, 5.74) is 2.05. The largest absolute Gasteiger partial charge is 0.478 e. The fourth-order valence-corrected chi connectivity index (χ4v) is 3.00. The zero-order chi connectivity index (χ0) is 22.7. The highest BCUT2D eigenvalue weighted by Crippen LogP contribution is 2.11. The van der Waals surface area contributed by atoms with E-state index in [4.69, 9.17) is 5.11 Å². The maximum Gasteiger partial charge on any atom is 0.337 e. The molecule has 0 radical (unpaired) electrons. The summed E-state index contributed by atoms with van der Waals surface area (Å²) < 4.78 is 16.4. The summed E-state index contributed by atoms with van der Waals surface area (Å²) in [4.78, 5) is 32.6. The number of carboxylic acids is 1. The van der Waals surface area contributed by atoms with Crippen LogP contribution in [0.4, 0.5) is 4.39 Å². The van der Waals surface area contributed by atoms with Crippen molar-refractivity contribution in [2.75, 3.05) is 7.05 Å². The van der Waals surface area contributed by atoms with Crippen LogP contribution in [0.15, 0.2) is 55.5 Å². The minimum Gasteiger partial charge on any atom is -0.478 e. The Morgan fingerprint density at radius 3 is 2.62 bits per heavy atom. The maximum absolute atomic E-state index is 13.3. The third kappa shape index (κ3) is 4.64. The monoisotopic (exact) mass is 436 g/mol. The molecule has 0 aromatic carbocycles. The summed E-state index contributed by atoms with van der Waals surface area (Å²) >= 11 is 0. The van der Waals surface area contributed by atoms with E-state index in [1.807, 2.05) is 0 Å². The number of nitrogens with zero attached hydrogens (tertiary/aromatic N) is 8. The van der Waals surface area contributed by atoms with Crippen LogP contribution in [0.1, 0.15) is 32.0 Å². The second-order valence-electron chi connectivity index (χ2n) is 6.99. The highest BCUT2D eigenvalue weighted by atomic mass is 19.1. The van der Waals surface area contributed by atoms with E-state index in [1.165, 1.54) is 34.2 Å². The van der Waals surface area contributed by atoms with Gasteiger partial charge < -0.3 is 10.0 Å². The molecule has 0 fully saturated rings. The maximum atomic E-state index is 13.3. The predicted molar refractivity (Wildman–Crippen MR) is 107 cm³/mol. The number of carboxylic acid groups (broad SMARTS) is 1. The Kier molecular flexibility index (Phi) is 5.66. The normalized spacial score (nSPS) is 10.8. The van der Waals surface area contributed by atoms with Crippen molar-refractivity contribution in [2.45, 2.75) is 13.1 Å². The first-order chi connectivity index (χ1) is 15.4. The number of carbonyl (C=O) groups is 2. The van der Waals surface area contributed by atoms with Crippen LogP contribution >= 0.6 is 0 Å². The highest BCUT2D eigenvalue weighted by Gasteiger charge is 2.15. The predicted octanol–water partition coefficient (Wildman–Crippen LogP) is 1.41. The van der Waals surface area contributed by atoms with E-state index >= 15 is 0 Å². The molecule has 0 aliphatic carbocycles. The van der Waals surface area contributed by atoms with Crippen molar-refractivity contribution in [3.8, 4) is 5.69 Å². The molecule has 0 aliphatic rings. The van der Waals surface area contributed by atoms with E-state index < -0.39 is 11.8 Å². The molecule has 0 unspecified atom stereocenters. The topological polar surface area (TPSA) is 132 Å². The van der Waals surface area contributed by atoms with Gasteiger partial charge in [-0.3, -0.25) is 19.4 Å². The van der Waals surface area contributed by atoms with Crippen molar-refractivity contribution in [2.24, 2.45) is 0 Å². The number of aromatic carboxylic acids is 1. The third-order valence-corrected chi connectivity index (χ3v) is 4.51. The fraction of sp³-hybridized carbons (Fsp3) is 0.150. The molecule has 4 rings (SSSR count). The van der Waals surface area contributed by atoms with E-state index in [0.717, 1.165) is 17.8 Å². The van der Waals surface area contributed by atoms with Gasteiger partial charge in [0.1, 0.15) is 11.5 Å². The number of aromatic nitrogens is 7. The summed E-state index contributed by atoms with van der Waals surface area (Å²) in [6.07, 6.45) is 10.1. The van der Waals surface area contributed by atoms with Crippen molar-refractivity contribution in [3.05, 3.63) is 83.7 Å². The van der Waals surface area contributed by atoms with E-state index in [2.05, 4.69) is 25.4 Å². The lowest BCUT2D eigenvalue weighted by Crippen LogP contribution is -2.26. The first kappa shape index (κ1) is 20.8. The van der Waals surface area contributed by atoms with Gasteiger partial charge in [-0.1, -0.05) is 5.21 Å². The number of rotatable bonds is 7. The first-order valence-electron chi connectivity index (χ1n) is 9.36. The van der Waals surface area contributed by atoms with E-state index in [9.17, 15) is 14.0 Å². The lowest BCUT2D eigenvalue weighted by Gasteiger charge is -2.15. The fourth-order valence-electron chi connectivity index (χ4n) is 3.00. The standard InChI is InChI=1S/C20H17FN8O3/c1-27(19(30)14-2-16(21)7-22-5-14)9-13-4-24-28(10-13)11-17-12-29(26-25-17)18-3-15(20(31)32)6-23-8-18/h2-8,10,12H,9,11H2,1H3,(H,31,32). The van der Waals surface area contributed by atoms with Gasteiger partial charge in [-0.25, -0.2) is 13.9 Å². The Bertz CT molecular complexity index is 1290. The summed E-state index contributed by atoms with van der Waals surface area (Å²) in [7, 11) is 1.61. The number of hydrogen-bond acceptors (Lipinski definition) is 7. The van der Waals surface area contributed by atoms with Crippen molar-refractivity contribution in [3.63, 3.8) is 0 Å². The number of carbonyl (C=O) groups excluding carboxylic acids is 1. The van der Waals surface area contributed by atoms with Crippen LogP contribution in [0, 0.1) is 5.82 Å². The average Bonchev–Trinajstić information content (AvgIpc) is 3.43. The smallest absolute Gasteiger partial charge is 0.337 e. The molecule has 0 saturated heterocycles. The van der Waals surface area contributed by atoms with Gasteiger partial charge in [0.15, 0.2) is 0 Å². The van der Waals surface area contributed by atoms with Gasteiger partial charge in [0, 0.05) is 37.7 Å². The van der Waals surface area contributed by atoms with Crippen LogP contribution in [0.25, 0.3) is 5.69 Å². The van der Waals surface area contributed by atoms with E-state index in [1.54, 1.807) is 30.3 Å². The van der Waals surface area contributed by atoms with Gasteiger partial charge in [0.05, 0.1) is 48.1 Å². The van der Waals surface area contributed by atoms with E-state index in [0.29, 0.717) is 17.9 Å². The second kappa shape index (κ2) is 8.71. The van der Waals surface area contributed by atoms with Gasteiger partial charge in [-0.2, -0.15) is 5.10 Å². The molecule has 0 aliphatic heterocycles. The molecule has 11 nitrogen and oxygen atoms in total. The van der Waals surface area contributed by atoms with Gasteiger partial charge >= 0.3 is 5.97 Å². The second-order valence-corrected chi connectivity index (χ2v) is 6.99. The van der Waals surface area contributed by atoms with Crippen molar-refractivity contribution in [1.29, 1.82) is 0 Å². The van der Waals surface area contributed by atoms with Crippen molar-refractivity contribution >= 4 is 11.9 Å². The van der Waals surface area contributed by atoms with Crippen LogP contribution in [0.2, 0.25) is 0 Å². The Hall–Kier alpha value is -4.48. The van der Waals surface area contributed by atoms with Crippen LogP contribution in [0.5, 0.6) is 0 Å². The number of pyridine rings is 2. The van der Waals surface area contributed by atoms with Crippen LogP contribution < -0.4 is 0 Å². The lowest BCUT2D eigenvalue weighted by molar-refractivity contribution is 0.0695. The Morgan fingerprint density at radius 1 is 1.06 bits per heavy atom. The van der Waals surface area contributed by atoms with Gasteiger partial charge in [-0.15, -0.1) is 5.10 Å². The Balaban J connectivity index is 1.41. The highest BCUT2D eigenvalue weighted by molar-refractivity contribution is 5.93. The van der Waals surface area contributed by atoms with Crippen LogP contribution in [-0.4, -0.2) is 63.7 Å². The Labute approximate surface area is 180 Å². The van der Waals surface area contributed by atoms with Gasteiger partial charge in [0.25, 0.3) is 5.91 Å². The minimum absolute atomic E-state index is 0.0453. The molecule has 0 atom stereocenters. The van der Waals surface area contributed by atoms with Crippen molar-refractivity contribution < 1.29 is 19.1 Å². The van der Waals surface area contributed by atoms with E-state index in [-0.39, 0.29) is 23.6 Å². The molecular formula is C20H17FN8O3. The molecule has 32 heavy (non-hydrogen) atoms. The van der Waals surface area contributed by atoms with Gasteiger partial charge in [-0.05, 0) is 12.1 Å². The number of halogens is 1. The summed E-state index contributed by atoms with van der Waals surface area (Å²) in [6, 6.07) is 2.58. The van der Waals surface area contributed by atoms with Gasteiger partial charge in [0.2, 0.25) is 0 Å². The van der Waals surface area contributed by atoms with Crippen LogP contribution in [0.3, 0.4) is 0 Å². The Morgan fingerprint density at radius 2 is 1.84 bits per heavy atom. The summed E-state index contributed by atoms with van der Waals surface area (Å²) in [5.74, 6) is -2.01. The molecule has 0 spiro atoms. The SMILES string of the molecule is CN(Cc1cnn(Cc2cn(-c3cncc(C(=O)O)c3)nn2)c1)C(=O)c1cncc(F)c1. The molecular weight excluding hydrogens is 419 g/mol. The molecule has 0 bridgehead atoms. The zero-order valence-corrected chi connectivity index (χ0v) is 16.8. The zero-order valence-electron chi connectivity index (χ0n) is 16.8. The molecule has 162 valence electrons. The van der Waals surface area contributed by atoms with Crippen LogP contribution in [-0.2, 0) is 13.1 Å². The summed E-state index contributed by atoms with van der Waals surface area (Å²) in [6.45, 7) is 0.590. The minimum atomic E-state index is -1.08. The molecule has 1 amide bonds. The average molecular weight is 436 g/mol. The molecule has 12 heteroatoms. The number of amides is 1. The third-order valence-electron chi connectivity index (χ3n) is 4.51. The molecule has 4 aromatic rings. The summed E-state index contributed by atoms with van der Waals surface area (Å²) in [5, 5.41) is 21.4. The quantitative estimate of drug-likeness (QED) is 0.460. The first-order valence-corrected chi connectivity index (χ1v) is 9.36. The number of hydrogen-bond donors (Lipinski definition) is 1. The lowest BCUT2D eigenvalue weighted by atomic mass is 10.2. The molecule has 1 N–H and O–H groups in total. The molecule has 4 aromatic heterocycles. The van der Waals surface area contributed by atoms with Crippen molar-refractivity contribution in [1.82, 2.24) is 39.6 Å². The molecule has 4 heterocycles. The molecule has 0 saturated carbocycles.